The van der Waals surface area contributed by atoms with Crippen molar-refractivity contribution >= 4 is 41.2 Å². The molecule has 3 rings (SSSR count). The van der Waals surface area contributed by atoms with Crippen molar-refractivity contribution in [1.29, 1.82) is 0 Å². The second-order valence-electron chi connectivity index (χ2n) is 7.20. The zero-order chi connectivity index (χ0) is 24.9. The highest BCUT2D eigenvalue weighted by atomic mass is 35.5. The van der Waals surface area contributed by atoms with Crippen LogP contribution < -0.4 is 4.74 Å². The molecule has 0 saturated carbocycles. The van der Waals surface area contributed by atoms with Crippen LogP contribution in [0, 0.1) is 0 Å². The number of halogens is 2. The standard InChI is InChI=1S/C27H26Cl2N2O.C2H6/c1-4-31(2)19-27(25-16-13-23(28)18-26(25)29)30-17-5-6-20-7-9-21(10-8-20)22-11-14-24(32-3)15-12-22;1-2/h5-19H,4H2,1-3H3;1-2H3/b6-5+,27-19-,30-17-;. The molecule has 0 aliphatic carbocycles. The van der Waals surface area contributed by atoms with Gasteiger partial charge in [0.25, 0.3) is 0 Å². The van der Waals surface area contributed by atoms with Gasteiger partial charge < -0.3 is 9.64 Å². The molecule has 178 valence electrons. The van der Waals surface area contributed by atoms with Crippen molar-refractivity contribution < 1.29 is 4.74 Å². The SMILES string of the molecule is CC.CCN(C)\C=C(/N=C\C=C\c1ccc(-c2ccc(OC)cc2)cc1)c1ccc(Cl)cc1Cl. The maximum Gasteiger partial charge on any atom is 0.118 e. The lowest BCUT2D eigenvalue weighted by Gasteiger charge is -2.13. The monoisotopic (exact) mass is 494 g/mol. The van der Waals surface area contributed by atoms with Crippen LogP contribution in [0.15, 0.2) is 84.0 Å². The third kappa shape index (κ3) is 8.09. The first-order valence-corrected chi connectivity index (χ1v) is 12.1. The number of methoxy groups -OCH3 is 1. The topological polar surface area (TPSA) is 24.8 Å². The average Bonchev–Trinajstić information content (AvgIpc) is 2.87. The number of benzene rings is 3. The normalized spacial score (nSPS) is 11.4. The minimum Gasteiger partial charge on any atom is -0.497 e. The Morgan fingerprint density at radius 1 is 0.941 bits per heavy atom. The Hall–Kier alpha value is -3.01. The number of nitrogens with zero attached hydrogens (tertiary/aromatic N) is 2. The van der Waals surface area contributed by atoms with Crippen molar-refractivity contribution in [3.63, 3.8) is 0 Å². The van der Waals surface area contributed by atoms with Crippen molar-refractivity contribution in [1.82, 2.24) is 4.90 Å². The quantitative estimate of drug-likeness (QED) is 0.292. The molecule has 0 saturated heterocycles. The number of ether oxygens (including phenoxy) is 1. The average molecular weight is 495 g/mol. The van der Waals surface area contributed by atoms with Crippen molar-refractivity contribution in [3.05, 3.63) is 100 Å². The highest BCUT2D eigenvalue weighted by Crippen LogP contribution is 2.28. The molecule has 0 spiro atoms. The maximum atomic E-state index is 6.40. The van der Waals surface area contributed by atoms with Crippen LogP contribution in [0.5, 0.6) is 5.75 Å². The maximum absolute atomic E-state index is 6.40. The highest BCUT2D eigenvalue weighted by molar-refractivity contribution is 6.35. The fourth-order valence-electron chi connectivity index (χ4n) is 3.02. The Kier molecular flexibility index (Phi) is 11.5. The summed E-state index contributed by atoms with van der Waals surface area (Å²) in [6.07, 6.45) is 7.69. The van der Waals surface area contributed by atoms with Gasteiger partial charge in [-0.2, -0.15) is 0 Å². The van der Waals surface area contributed by atoms with E-state index in [0.717, 1.165) is 40.2 Å². The smallest absolute Gasteiger partial charge is 0.118 e. The first-order chi connectivity index (χ1) is 16.5. The summed E-state index contributed by atoms with van der Waals surface area (Å²) in [6, 6.07) is 21.9. The molecule has 5 heteroatoms. The van der Waals surface area contributed by atoms with E-state index in [-0.39, 0.29) is 0 Å². The van der Waals surface area contributed by atoms with E-state index in [1.165, 1.54) is 0 Å². The van der Waals surface area contributed by atoms with Gasteiger partial charge in [0, 0.05) is 36.6 Å². The van der Waals surface area contributed by atoms with E-state index in [2.05, 4.69) is 53.2 Å². The molecule has 0 aliphatic rings. The summed E-state index contributed by atoms with van der Waals surface area (Å²) in [6.45, 7) is 6.94. The number of allylic oxidation sites excluding steroid dienone is 1. The first-order valence-electron chi connectivity index (χ1n) is 11.3. The van der Waals surface area contributed by atoms with E-state index in [1.807, 2.05) is 63.5 Å². The Labute approximate surface area is 214 Å². The van der Waals surface area contributed by atoms with Gasteiger partial charge in [0.2, 0.25) is 0 Å². The first kappa shape index (κ1) is 27.2. The fraction of sp³-hybridized carbons (Fsp3) is 0.207. The molecule has 0 heterocycles. The van der Waals surface area contributed by atoms with Crippen LogP contribution in [0.25, 0.3) is 22.9 Å². The molecule has 34 heavy (non-hydrogen) atoms. The van der Waals surface area contributed by atoms with Crippen LogP contribution in [-0.2, 0) is 0 Å². The van der Waals surface area contributed by atoms with Crippen molar-refractivity contribution in [2.45, 2.75) is 20.8 Å². The molecule has 3 aromatic carbocycles. The third-order valence-corrected chi connectivity index (χ3v) is 5.52. The van der Waals surface area contributed by atoms with E-state index in [9.17, 15) is 0 Å². The molecule has 0 atom stereocenters. The Balaban J connectivity index is 0.00000199. The van der Waals surface area contributed by atoms with Gasteiger partial charge in [-0.15, -0.1) is 0 Å². The Bertz CT molecular complexity index is 1120. The molecule has 0 aliphatic heterocycles. The molecular weight excluding hydrogens is 463 g/mol. The summed E-state index contributed by atoms with van der Waals surface area (Å²) in [5.41, 5.74) is 5.01. The number of rotatable bonds is 8. The third-order valence-electron chi connectivity index (χ3n) is 4.97. The second-order valence-corrected chi connectivity index (χ2v) is 8.04. The van der Waals surface area contributed by atoms with E-state index in [1.54, 1.807) is 19.4 Å². The van der Waals surface area contributed by atoms with Crippen LogP contribution in [-0.4, -0.2) is 31.8 Å². The zero-order valence-corrected chi connectivity index (χ0v) is 21.9. The van der Waals surface area contributed by atoms with Crippen LogP contribution in [0.3, 0.4) is 0 Å². The van der Waals surface area contributed by atoms with Crippen molar-refractivity contribution in [3.8, 4) is 16.9 Å². The number of hydrogen-bond donors (Lipinski definition) is 0. The molecule has 0 unspecified atom stereocenters. The molecule has 0 radical (unpaired) electrons. The zero-order valence-electron chi connectivity index (χ0n) is 20.4. The second kappa shape index (κ2) is 14.3. The Morgan fingerprint density at radius 2 is 1.56 bits per heavy atom. The van der Waals surface area contributed by atoms with Crippen LogP contribution in [0.2, 0.25) is 10.0 Å². The number of aliphatic imine (C=N–C) groups is 1. The molecule has 3 nitrogen and oxygen atoms in total. The summed E-state index contributed by atoms with van der Waals surface area (Å²) >= 11 is 12.4. The molecule has 0 N–H and O–H groups in total. The lowest BCUT2D eigenvalue weighted by Crippen LogP contribution is -2.09. The lowest BCUT2D eigenvalue weighted by atomic mass is 10.0. The van der Waals surface area contributed by atoms with Crippen LogP contribution in [0.4, 0.5) is 0 Å². The molecule has 3 aromatic rings. The van der Waals surface area contributed by atoms with Gasteiger partial charge in [-0.1, -0.05) is 79.5 Å². The van der Waals surface area contributed by atoms with Gasteiger partial charge >= 0.3 is 0 Å². The van der Waals surface area contributed by atoms with Gasteiger partial charge in [-0.05, 0) is 60.0 Å². The summed E-state index contributed by atoms with van der Waals surface area (Å²) < 4.78 is 5.22. The predicted octanol–water partition coefficient (Wildman–Crippen LogP) is 8.73. The summed E-state index contributed by atoms with van der Waals surface area (Å²) in [4.78, 5) is 6.69. The Morgan fingerprint density at radius 3 is 2.12 bits per heavy atom. The number of hydrogen-bond acceptors (Lipinski definition) is 3. The summed E-state index contributed by atoms with van der Waals surface area (Å²) in [5, 5.41) is 1.17. The predicted molar refractivity (Wildman–Crippen MR) is 150 cm³/mol. The van der Waals surface area contributed by atoms with Gasteiger partial charge in [0.15, 0.2) is 0 Å². The van der Waals surface area contributed by atoms with E-state index in [0.29, 0.717) is 10.0 Å². The molecule has 0 bridgehead atoms. The highest BCUT2D eigenvalue weighted by Gasteiger charge is 2.07. The van der Waals surface area contributed by atoms with E-state index in [4.69, 9.17) is 27.9 Å². The van der Waals surface area contributed by atoms with Crippen LogP contribution >= 0.6 is 23.2 Å². The molecule has 0 fully saturated rings. The van der Waals surface area contributed by atoms with E-state index < -0.39 is 0 Å². The largest absolute Gasteiger partial charge is 0.497 e. The van der Waals surface area contributed by atoms with Gasteiger partial charge in [-0.3, -0.25) is 4.99 Å². The van der Waals surface area contributed by atoms with Gasteiger partial charge in [0.1, 0.15) is 5.75 Å². The van der Waals surface area contributed by atoms with Gasteiger partial charge in [0.05, 0.1) is 17.8 Å². The van der Waals surface area contributed by atoms with E-state index >= 15 is 0 Å². The minimum atomic E-state index is 0.573. The lowest BCUT2D eigenvalue weighted by molar-refractivity contribution is 0.415. The van der Waals surface area contributed by atoms with Crippen molar-refractivity contribution in [2.75, 3.05) is 20.7 Å². The van der Waals surface area contributed by atoms with Crippen molar-refractivity contribution in [2.24, 2.45) is 4.99 Å². The molecule has 0 amide bonds. The van der Waals surface area contributed by atoms with Gasteiger partial charge in [-0.25, -0.2) is 0 Å². The minimum absolute atomic E-state index is 0.573. The molecule has 0 aromatic heterocycles. The summed E-state index contributed by atoms with van der Waals surface area (Å²) in [5.74, 6) is 0.853. The fourth-order valence-corrected chi connectivity index (χ4v) is 3.52. The molecular formula is C29H32Cl2N2O. The summed E-state index contributed by atoms with van der Waals surface area (Å²) in [7, 11) is 3.67. The van der Waals surface area contributed by atoms with Crippen LogP contribution in [0.1, 0.15) is 31.9 Å².